The van der Waals surface area contributed by atoms with Gasteiger partial charge in [0.05, 0.1) is 5.56 Å². The van der Waals surface area contributed by atoms with Crippen LogP contribution >= 0.6 is 0 Å². The second-order valence-electron chi connectivity index (χ2n) is 7.38. The van der Waals surface area contributed by atoms with Crippen molar-refractivity contribution in [2.24, 2.45) is 5.92 Å². The van der Waals surface area contributed by atoms with Crippen molar-refractivity contribution >= 4 is 17.5 Å². The number of nitrogens with zero attached hydrogens (tertiary/aromatic N) is 1. The second kappa shape index (κ2) is 9.82. The number of benzene rings is 2. The Kier molecular flexibility index (Phi) is 7.17. The van der Waals surface area contributed by atoms with Crippen molar-refractivity contribution in [2.75, 3.05) is 31.6 Å². The van der Waals surface area contributed by atoms with Gasteiger partial charge in [0.1, 0.15) is 5.75 Å². The zero-order valence-electron chi connectivity index (χ0n) is 16.7. The van der Waals surface area contributed by atoms with Crippen molar-refractivity contribution in [1.29, 1.82) is 0 Å². The van der Waals surface area contributed by atoms with Gasteiger partial charge in [-0.25, -0.2) is 0 Å². The van der Waals surface area contributed by atoms with E-state index in [0.29, 0.717) is 24.4 Å². The van der Waals surface area contributed by atoms with Crippen LogP contribution in [0.2, 0.25) is 0 Å². The summed E-state index contributed by atoms with van der Waals surface area (Å²) in [6, 6.07) is 10.6. The number of aliphatic hydroxyl groups excluding tert-OH is 1. The van der Waals surface area contributed by atoms with E-state index in [4.69, 9.17) is 4.74 Å². The normalized spacial score (nSPS) is 16.6. The summed E-state index contributed by atoms with van der Waals surface area (Å²) in [4.78, 5) is 26.3. The van der Waals surface area contributed by atoms with Gasteiger partial charge >= 0.3 is 6.18 Å². The van der Waals surface area contributed by atoms with Crippen molar-refractivity contribution in [2.45, 2.75) is 19.0 Å². The summed E-state index contributed by atoms with van der Waals surface area (Å²) >= 11 is 0. The third-order valence-corrected chi connectivity index (χ3v) is 5.01. The zero-order chi connectivity index (χ0) is 22.4. The number of hydrogen-bond donors (Lipinski definition) is 2. The molecule has 1 aliphatic rings. The van der Waals surface area contributed by atoms with Gasteiger partial charge < -0.3 is 20.1 Å². The number of ether oxygens (including phenoxy) is 1. The largest absolute Gasteiger partial charge is 0.484 e. The maximum absolute atomic E-state index is 12.7. The molecular weight excluding hydrogens is 413 g/mol. The van der Waals surface area contributed by atoms with Crippen LogP contribution in [0.25, 0.3) is 0 Å². The molecule has 0 spiro atoms. The van der Waals surface area contributed by atoms with Gasteiger partial charge in [-0.3, -0.25) is 9.59 Å². The molecule has 0 bridgehead atoms. The first kappa shape index (κ1) is 22.6. The minimum absolute atomic E-state index is 0.0204. The fraction of sp³-hybridized carbons (Fsp3) is 0.364. The highest BCUT2D eigenvalue weighted by molar-refractivity contribution is 5.94. The van der Waals surface area contributed by atoms with E-state index in [0.717, 1.165) is 25.0 Å². The van der Waals surface area contributed by atoms with Crippen LogP contribution in [0.3, 0.4) is 0 Å². The lowest BCUT2D eigenvalue weighted by Crippen LogP contribution is -2.40. The molecule has 1 fully saturated rings. The lowest BCUT2D eigenvalue weighted by atomic mass is 9.98. The van der Waals surface area contributed by atoms with Gasteiger partial charge in [-0.2, -0.15) is 13.2 Å². The van der Waals surface area contributed by atoms with Crippen LogP contribution in [0.15, 0.2) is 48.5 Å². The average Bonchev–Trinajstić information content (AvgIpc) is 2.77. The predicted molar refractivity (Wildman–Crippen MR) is 108 cm³/mol. The van der Waals surface area contributed by atoms with E-state index in [1.165, 1.54) is 12.1 Å². The molecule has 1 heterocycles. The highest BCUT2D eigenvalue weighted by Crippen LogP contribution is 2.30. The van der Waals surface area contributed by atoms with E-state index in [1.807, 2.05) is 0 Å². The summed E-state index contributed by atoms with van der Waals surface area (Å²) in [5, 5.41) is 11.7. The van der Waals surface area contributed by atoms with Crippen molar-refractivity contribution in [3.05, 3.63) is 59.7 Å². The van der Waals surface area contributed by atoms with Crippen molar-refractivity contribution in [3.8, 4) is 5.75 Å². The molecule has 31 heavy (non-hydrogen) atoms. The molecule has 2 aromatic carbocycles. The Morgan fingerprint density at radius 1 is 1.16 bits per heavy atom. The number of aliphatic hydroxyl groups is 1. The zero-order valence-corrected chi connectivity index (χ0v) is 16.7. The number of hydrogen-bond acceptors (Lipinski definition) is 4. The van der Waals surface area contributed by atoms with Gasteiger partial charge in [0.25, 0.3) is 11.8 Å². The van der Waals surface area contributed by atoms with E-state index >= 15 is 0 Å². The summed E-state index contributed by atoms with van der Waals surface area (Å²) in [6.07, 6.45) is -2.75. The number of carbonyl (C=O) groups is 2. The number of likely N-dealkylation sites (tertiary alicyclic amines) is 1. The number of halogens is 3. The Morgan fingerprint density at radius 3 is 2.58 bits per heavy atom. The fourth-order valence-corrected chi connectivity index (χ4v) is 3.39. The van der Waals surface area contributed by atoms with E-state index in [2.05, 4.69) is 5.32 Å². The van der Waals surface area contributed by atoms with Crippen LogP contribution in [0.5, 0.6) is 5.75 Å². The monoisotopic (exact) mass is 436 g/mol. The first-order valence-electron chi connectivity index (χ1n) is 9.86. The van der Waals surface area contributed by atoms with Crippen LogP contribution in [0.4, 0.5) is 18.9 Å². The van der Waals surface area contributed by atoms with Crippen molar-refractivity contribution in [3.63, 3.8) is 0 Å². The molecule has 2 aromatic rings. The van der Waals surface area contributed by atoms with Gasteiger partial charge in [-0.1, -0.05) is 6.07 Å². The number of rotatable bonds is 6. The molecule has 1 unspecified atom stereocenters. The minimum Gasteiger partial charge on any atom is -0.484 e. The third kappa shape index (κ3) is 6.21. The van der Waals surface area contributed by atoms with E-state index in [-0.39, 0.29) is 24.1 Å². The molecule has 0 saturated carbocycles. The molecule has 2 N–H and O–H groups in total. The van der Waals surface area contributed by atoms with Crippen LogP contribution in [0.1, 0.15) is 28.8 Å². The van der Waals surface area contributed by atoms with Gasteiger partial charge in [-0.15, -0.1) is 0 Å². The van der Waals surface area contributed by atoms with Crippen LogP contribution in [-0.4, -0.2) is 48.1 Å². The summed E-state index contributed by atoms with van der Waals surface area (Å²) in [6.45, 7) is 0.819. The second-order valence-corrected chi connectivity index (χ2v) is 7.38. The maximum Gasteiger partial charge on any atom is 0.416 e. The Hall–Kier alpha value is -3.07. The van der Waals surface area contributed by atoms with E-state index < -0.39 is 24.3 Å². The highest BCUT2D eigenvalue weighted by atomic mass is 19.4. The SMILES string of the molecule is O=C(COc1ccc(C(=O)N2CCCC(CO)C2)cc1)Nc1cccc(C(F)(F)F)c1. The number of nitrogens with one attached hydrogen (secondary N) is 1. The average molecular weight is 436 g/mol. The first-order chi connectivity index (χ1) is 14.8. The topological polar surface area (TPSA) is 78.9 Å². The van der Waals surface area contributed by atoms with Crippen LogP contribution in [-0.2, 0) is 11.0 Å². The molecule has 3 rings (SSSR count). The lowest BCUT2D eigenvalue weighted by molar-refractivity contribution is -0.137. The summed E-state index contributed by atoms with van der Waals surface area (Å²) < 4.78 is 43.6. The summed E-state index contributed by atoms with van der Waals surface area (Å²) in [5.41, 5.74) is -0.364. The molecule has 9 heteroatoms. The minimum atomic E-state index is -4.50. The Labute approximate surface area is 177 Å². The smallest absolute Gasteiger partial charge is 0.416 e. The van der Waals surface area contributed by atoms with Gasteiger partial charge in [0.2, 0.25) is 0 Å². The molecule has 166 valence electrons. The Morgan fingerprint density at radius 2 is 1.90 bits per heavy atom. The van der Waals surface area contributed by atoms with Crippen LogP contribution < -0.4 is 10.1 Å². The van der Waals surface area contributed by atoms with Gasteiger partial charge in [0, 0.05) is 30.9 Å². The number of piperidine rings is 1. The predicted octanol–water partition coefficient (Wildman–Crippen LogP) is 3.57. The maximum atomic E-state index is 12.7. The fourth-order valence-electron chi connectivity index (χ4n) is 3.39. The number of alkyl halides is 3. The molecule has 1 saturated heterocycles. The van der Waals surface area contributed by atoms with Crippen molar-refractivity contribution in [1.82, 2.24) is 4.90 Å². The molecular formula is C22H23F3N2O4. The Bertz CT molecular complexity index is 916. The molecule has 2 amide bonds. The third-order valence-electron chi connectivity index (χ3n) is 5.01. The lowest BCUT2D eigenvalue weighted by Gasteiger charge is -2.31. The quantitative estimate of drug-likeness (QED) is 0.726. The van der Waals surface area contributed by atoms with Gasteiger partial charge in [0.15, 0.2) is 6.61 Å². The van der Waals surface area contributed by atoms with E-state index in [1.54, 1.807) is 29.2 Å². The number of carbonyl (C=O) groups excluding carboxylic acids is 2. The van der Waals surface area contributed by atoms with Gasteiger partial charge in [-0.05, 0) is 61.2 Å². The molecule has 6 nitrogen and oxygen atoms in total. The van der Waals surface area contributed by atoms with E-state index in [9.17, 15) is 27.9 Å². The van der Waals surface area contributed by atoms with Crippen LogP contribution in [0, 0.1) is 5.92 Å². The standard InChI is InChI=1S/C22H23F3N2O4/c23-22(24,25)17-4-1-5-18(11-17)26-20(29)14-31-19-8-6-16(7-9-19)21(30)27-10-2-3-15(12-27)13-28/h1,4-9,11,15,28H,2-3,10,12-14H2,(H,26,29). The first-order valence-corrected chi connectivity index (χ1v) is 9.86. The molecule has 0 aliphatic carbocycles. The molecule has 0 aromatic heterocycles. The van der Waals surface area contributed by atoms with Crippen molar-refractivity contribution < 1.29 is 32.6 Å². The molecule has 1 aliphatic heterocycles. The number of amides is 2. The summed E-state index contributed by atoms with van der Waals surface area (Å²) in [5.74, 6) is -0.298. The molecule has 0 radical (unpaired) electrons. The molecule has 1 atom stereocenters. The Balaban J connectivity index is 1.52. The summed E-state index contributed by atoms with van der Waals surface area (Å²) in [7, 11) is 0. The highest BCUT2D eigenvalue weighted by Gasteiger charge is 2.30. The number of anilines is 1.